The summed E-state index contributed by atoms with van der Waals surface area (Å²) in [5, 5.41) is 2.77. The maximum Gasteiger partial charge on any atom is 0.337 e. The minimum absolute atomic E-state index is 0.258. The fourth-order valence-corrected chi connectivity index (χ4v) is 8.15. The second kappa shape index (κ2) is 10.4. The smallest absolute Gasteiger partial charge is 0.337 e. The largest absolute Gasteiger partial charge is 0.465 e. The minimum atomic E-state index is -0.258. The number of rotatable bonds is 4. The molecule has 4 heterocycles. The highest BCUT2D eigenvalue weighted by Crippen LogP contribution is 2.47. The molecule has 2 aliphatic heterocycles. The number of carbonyl (C=O) groups excluding carboxylic acids is 1. The Morgan fingerprint density at radius 3 is 2.42 bits per heavy atom. The lowest BCUT2D eigenvalue weighted by Gasteiger charge is -2.34. The van der Waals surface area contributed by atoms with Crippen LogP contribution in [0.4, 0.5) is 0 Å². The lowest BCUT2D eigenvalue weighted by molar-refractivity contribution is 0.0601. The summed E-state index contributed by atoms with van der Waals surface area (Å²) in [6.07, 6.45) is 12.5. The molecule has 2 fully saturated rings. The predicted octanol–water partition coefficient (Wildman–Crippen LogP) is 8.09. The van der Waals surface area contributed by atoms with Gasteiger partial charge in [-0.2, -0.15) is 0 Å². The molecule has 2 aromatic heterocycles. The average Bonchev–Trinajstić information content (AvgIpc) is 3.51. The van der Waals surface area contributed by atoms with E-state index in [4.69, 9.17) is 4.74 Å². The van der Waals surface area contributed by atoms with Crippen LogP contribution in [-0.4, -0.2) is 46.2 Å². The lowest BCUT2D eigenvalue weighted by atomic mass is 9.81. The first-order chi connectivity index (χ1) is 19.5. The van der Waals surface area contributed by atoms with E-state index in [1.165, 1.54) is 104 Å². The Bertz CT molecular complexity index is 1560. The molecule has 1 saturated carbocycles. The highest BCUT2D eigenvalue weighted by molar-refractivity contribution is 6.03. The first kappa shape index (κ1) is 25.9. The highest BCUT2D eigenvalue weighted by atomic mass is 16.5. The number of nitrogens with zero attached hydrogens (tertiary/aromatic N) is 3. The maximum atomic E-state index is 12.5. The summed E-state index contributed by atoms with van der Waals surface area (Å²) in [4.78, 5) is 15.2. The highest BCUT2D eigenvalue weighted by Gasteiger charge is 2.31. The number of para-hydroxylation sites is 1. The van der Waals surface area contributed by atoms with Crippen LogP contribution in [0.2, 0.25) is 0 Å². The van der Waals surface area contributed by atoms with Crippen molar-refractivity contribution in [2.24, 2.45) is 0 Å². The van der Waals surface area contributed by atoms with Gasteiger partial charge in [-0.3, -0.25) is 0 Å². The van der Waals surface area contributed by atoms with Gasteiger partial charge in [0.25, 0.3) is 0 Å². The Morgan fingerprint density at radius 1 is 0.875 bits per heavy atom. The second-order valence-electron chi connectivity index (χ2n) is 12.7. The number of esters is 1. The fraction of sp³-hybridized carbons (Fsp3) is 0.514. The molecule has 0 unspecified atom stereocenters. The summed E-state index contributed by atoms with van der Waals surface area (Å²) in [5.74, 6) is 0.932. The second-order valence-corrected chi connectivity index (χ2v) is 12.7. The van der Waals surface area contributed by atoms with E-state index >= 15 is 0 Å². The number of likely N-dealkylation sites (tertiary alicyclic amines) is 1. The fourth-order valence-electron chi connectivity index (χ4n) is 8.15. The summed E-state index contributed by atoms with van der Waals surface area (Å²) in [7, 11) is 1.47. The van der Waals surface area contributed by atoms with Crippen LogP contribution >= 0.6 is 0 Å². The molecule has 0 bridgehead atoms. The molecule has 5 heteroatoms. The molecule has 3 aliphatic rings. The van der Waals surface area contributed by atoms with Crippen molar-refractivity contribution in [3.05, 3.63) is 59.3 Å². The van der Waals surface area contributed by atoms with Crippen molar-refractivity contribution in [3.63, 3.8) is 0 Å². The average molecular weight is 538 g/mol. The number of fused-ring (bicyclic) bond motifs is 4. The molecule has 210 valence electrons. The zero-order valence-corrected chi connectivity index (χ0v) is 24.4. The Labute approximate surface area is 238 Å². The van der Waals surface area contributed by atoms with Gasteiger partial charge < -0.3 is 18.8 Å². The van der Waals surface area contributed by atoms with Gasteiger partial charge in [0, 0.05) is 47.2 Å². The SMILES string of the molecule is COC(=O)c1ccc2c(C3CCCCC3)c3n(c2c1)CCCn1cc(C2CCN(C(C)C)CC2)c2cccc-3c21. The van der Waals surface area contributed by atoms with Gasteiger partial charge in [0.2, 0.25) is 0 Å². The molecule has 1 saturated heterocycles. The number of aryl methyl sites for hydroxylation is 2. The zero-order chi connectivity index (χ0) is 27.4. The van der Waals surface area contributed by atoms with Crippen molar-refractivity contribution in [1.29, 1.82) is 0 Å². The molecule has 0 amide bonds. The van der Waals surface area contributed by atoms with Gasteiger partial charge in [-0.05, 0) is 94.1 Å². The Kier molecular flexibility index (Phi) is 6.74. The quantitative estimate of drug-likeness (QED) is 0.247. The third kappa shape index (κ3) is 4.20. The van der Waals surface area contributed by atoms with E-state index < -0.39 is 0 Å². The molecule has 2 aromatic carbocycles. The van der Waals surface area contributed by atoms with Crippen LogP contribution in [0, 0.1) is 0 Å². The molecule has 0 N–H and O–H groups in total. The van der Waals surface area contributed by atoms with Gasteiger partial charge in [-0.1, -0.05) is 43.5 Å². The number of hydrogen-bond acceptors (Lipinski definition) is 3. The number of piperidine rings is 1. The van der Waals surface area contributed by atoms with E-state index in [0.717, 1.165) is 19.5 Å². The van der Waals surface area contributed by atoms with E-state index in [-0.39, 0.29) is 5.97 Å². The molecule has 5 nitrogen and oxygen atoms in total. The van der Waals surface area contributed by atoms with Crippen molar-refractivity contribution in [1.82, 2.24) is 14.0 Å². The van der Waals surface area contributed by atoms with Crippen LogP contribution in [0.25, 0.3) is 33.1 Å². The van der Waals surface area contributed by atoms with E-state index in [1.807, 2.05) is 6.07 Å². The van der Waals surface area contributed by atoms with Gasteiger partial charge in [0.1, 0.15) is 0 Å². The monoisotopic (exact) mass is 537 g/mol. The normalized spacial score (nSPS) is 19.2. The summed E-state index contributed by atoms with van der Waals surface area (Å²) in [6.45, 7) is 9.01. The Balaban J connectivity index is 1.43. The maximum absolute atomic E-state index is 12.5. The summed E-state index contributed by atoms with van der Waals surface area (Å²) in [6, 6.07) is 13.9. The van der Waals surface area contributed by atoms with Gasteiger partial charge in [0.05, 0.1) is 23.9 Å². The predicted molar refractivity (Wildman–Crippen MR) is 163 cm³/mol. The first-order valence-electron chi connectivity index (χ1n) is 15.7. The molecule has 1 aliphatic carbocycles. The van der Waals surface area contributed by atoms with Crippen LogP contribution in [-0.2, 0) is 17.8 Å². The van der Waals surface area contributed by atoms with Crippen molar-refractivity contribution >= 4 is 27.8 Å². The number of carbonyl (C=O) groups is 1. The zero-order valence-electron chi connectivity index (χ0n) is 24.4. The lowest BCUT2D eigenvalue weighted by Crippen LogP contribution is -2.37. The van der Waals surface area contributed by atoms with Crippen LogP contribution in [0.1, 0.15) is 98.5 Å². The third-order valence-electron chi connectivity index (χ3n) is 10.2. The Hall–Kier alpha value is -3.05. The third-order valence-corrected chi connectivity index (χ3v) is 10.2. The molecule has 40 heavy (non-hydrogen) atoms. The first-order valence-corrected chi connectivity index (χ1v) is 15.7. The molecule has 0 spiro atoms. The standard InChI is InChI=1S/C35H43N3O2/c1-23(2)36-19-15-24(16-20-36)30-22-37-17-8-18-38-31-21-26(35(39)40-3)13-14-28(31)32(25-9-5-4-6-10-25)34(38)29-12-7-11-27(30)33(29)37/h7,11-14,21-25H,4-6,8-10,15-20H2,1-3H3. The van der Waals surface area contributed by atoms with Crippen molar-refractivity contribution in [3.8, 4) is 11.3 Å². The van der Waals surface area contributed by atoms with Gasteiger partial charge in [0.15, 0.2) is 0 Å². The molecular formula is C35H43N3O2. The van der Waals surface area contributed by atoms with Crippen LogP contribution in [0.3, 0.4) is 0 Å². The topological polar surface area (TPSA) is 39.4 Å². The minimum Gasteiger partial charge on any atom is -0.465 e. The number of aromatic nitrogens is 2. The number of methoxy groups -OCH3 is 1. The van der Waals surface area contributed by atoms with E-state index in [1.54, 1.807) is 5.56 Å². The Morgan fingerprint density at radius 2 is 1.68 bits per heavy atom. The molecule has 7 rings (SSSR count). The van der Waals surface area contributed by atoms with E-state index in [9.17, 15) is 4.79 Å². The number of hydrogen-bond donors (Lipinski definition) is 0. The summed E-state index contributed by atoms with van der Waals surface area (Å²) in [5.41, 5.74) is 9.09. The van der Waals surface area contributed by atoms with E-state index in [2.05, 4.69) is 64.4 Å². The number of benzene rings is 2. The van der Waals surface area contributed by atoms with Gasteiger partial charge in [-0.25, -0.2) is 4.79 Å². The van der Waals surface area contributed by atoms with Crippen molar-refractivity contribution in [2.45, 2.75) is 96.2 Å². The molecule has 0 radical (unpaired) electrons. The molecule has 0 atom stereocenters. The van der Waals surface area contributed by atoms with Gasteiger partial charge >= 0.3 is 5.97 Å². The number of ether oxygens (including phenoxy) is 1. The van der Waals surface area contributed by atoms with Crippen LogP contribution in [0.15, 0.2) is 42.6 Å². The van der Waals surface area contributed by atoms with Crippen molar-refractivity contribution in [2.75, 3.05) is 20.2 Å². The van der Waals surface area contributed by atoms with Crippen molar-refractivity contribution < 1.29 is 9.53 Å². The molecule has 4 aromatic rings. The van der Waals surface area contributed by atoms with Gasteiger partial charge in [-0.15, -0.1) is 0 Å². The van der Waals surface area contributed by atoms with E-state index in [0.29, 0.717) is 23.4 Å². The molecular weight excluding hydrogens is 494 g/mol. The van der Waals surface area contributed by atoms with Crippen LogP contribution < -0.4 is 0 Å². The summed E-state index contributed by atoms with van der Waals surface area (Å²) >= 11 is 0. The van der Waals surface area contributed by atoms with Crippen LogP contribution in [0.5, 0.6) is 0 Å². The summed E-state index contributed by atoms with van der Waals surface area (Å²) < 4.78 is 10.3.